The van der Waals surface area contributed by atoms with Crippen LogP contribution in [0.2, 0.25) is 0 Å². The number of aromatic nitrogens is 3. The van der Waals surface area contributed by atoms with Crippen LogP contribution < -0.4 is 10.6 Å². The first kappa shape index (κ1) is 15.2. The van der Waals surface area contributed by atoms with Crippen molar-refractivity contribution < 1.29 is 4.79 Å². The summed E-state index contributed by atoms with van der Waals surface area (Å²) in [6, 6.07) is 5.63. The molecule has 0 fully saturated rings. The number of nitrogens with one attached hydrogen (secondary N) is 2. The van der Waals surface area contributed by atoms with Crippen LogP contribution in [-0.4, -0.2) is 40.8 Å². The SMILES string of the molecule is CCc1c(C(=O)NCCCNC)cnn1-c1ccccn1. The van der Waals surface area contributed by atoms with Gasteiger partial charge in [0.15, 0.2) is 5.82 Å². The van der Waals surface area contributed by atoms with Gasteiger partial charge in [-0.15, -0.1) is 0 Å². The first-order chi connectivity index (χ1) is 10.3. The number of carbonyl (C=O) groups is 1. The Morgan fingerprint density at radius 1 is 1.33 bits per heavy atom. The third-order valence-electron chi connectivity index (χ3n) is 3.20. The lowest BCUT2D eigenvalue weighted by atomic mass is 10.2. The molecule has 0 aromatic carbocycles. The molecule has 1 amide bonds. The molecule has 2 N–H and O–H groups in total. The number of rotatable bonds is 7. The second-order valence-corrected chi connectivity index (χ2v) is 4.67. The van der Waals surface area contributed by atoms with Gasteiger partial charge in [-0.3, -0.25) is 4.79 Å². The van der Waals surface area contributed by atoms with Crippen molar-refractivity contribution in [2.24, 2.45) is 0 Å². The summed E-state index contributed by atoms with van der Waals surface area (Å²) < 4.78 is 1.72. The molecule has 2 aromatic heterocycles. The largest absolute Gasteiger partial charge is 0.352 e. The first-order valence-electron chi connectivity index (χ1n) is 7.19. The van der Waals surface area contributed by atoms with Gasteiger partial charge in [0.2, 0.25) is 0 Å². The molecule has 0 saturated heterocycles. The summed E-state index contributed by atoms with van der Waals surface area (Å²) in [4.78, 5) is 16.5. The molecule has 0 aliphatic carbocycles. The summed E-state index contributed by atoms with van der Waals surface area (Å²) in [5, 5.41) is 10.3. The molecule has 0 bridgehead atoms. The van der Waals surface area contributed by atoms with Gasteiger partial charge in [0, 0.05) is 12.7 Å². The van der Waals surface area contributed by atoms with Crippen molar-refractivity contribution in [2.45, 2.75) is 19.8 Å². The zero-order chi connectivity index (χ0) is 15.1. The predicted octanol–water partition coefficient (Wildman–Crippen LogP) is 1.17. The highest BCUT2D eigenvalue weighted by Gasteiger charge is 2.17. The van der Waals surface area contributed by atoms with Gasteiger partial charge >= 0.3 is 0 Å². The third-order valence-corrected chi connectivity index (χ3v) is 3.20. The van der Waals surface area contributed by atoms with Gasteiger partial charge in [-0.2, -0.15) is 5.10 Å². The molecule has 0 spiro atoms. The van der Waals surface area contributed by atoms with Crippen LogP contribution in [0.15, 0.2) is 30.6 Å². The Bertz CT molecular complexity index is 579. The lowest BCUT2D eigenvalue weighted by molar-refractivity contribution is 0.0952. The molecule has 2 rings (SSSR count). The van der Waals surface area contributed by atoms with E-state index in [2.05, 4.69) is 20.7 Å². The Morgan fingerprint density at radius 2 is 2.19 bits per heavy atom. The summed E-state index contributed by atoms with van der Waals surface area (Å²) in [6.45, 7) is 3.54. The molecule has 0 atom stereocenters. The summed E-state index contributed by atoms with van der Waals surface area (Å²) in [7, 11) is 1.90. The van der Waals surface area contributed by atoms with E-state index in [1.165, 1.54) is 0 Å². The molecule has 0 aliphatic rings. The number of amides is 1. The minimum Gasteiger partial charge on any atom is -0.352 e. The highest BCUT2D eigenvalue weighted by molar-refractivity contribution is 5.95. The first-order valence-corrected chi connectivity index (χ1v) is 7.19. The molecule has 0 radical (unpaired) electrons. The monoisotopic (exact) mass is 287 g/mol. The molecule has 0 unspecified atom stereocenters. The van der Waals surface area contributed by atoms with E-state index in [-0.39, 0.29) is 5.91 Å². The quantitative estimate of drug-likeness (QED) is 0.750. The zero-order valence-corrected chi connectivity index (χ0v) is 12.5. The number of carbonyl (C=O) groups excluding carboxylic acids is 1. The van der Waals surface area contributed by atoms with Crippen LogP contribution in [0, 0.1) is 0 Å². The van der Waals surface area contributed by atoms with Crippen LogP contribution >= 0.6 is 0 Å². The predicted molar refractivity (Wildman–Crippen MR) is 81.6 cm³/mol. The highest BCUT2D eigenvalue weighted by Crippen LogP contribution is 2.14. The zero-order valence-electron chi connectivity index (χ0n) is 12.5. The van der Waals surface area contributed by atoms with Gasteiger partial charge in [0.1, 0.15) is 0 Å². The molecule has 0 aliphatic heterocycles. The van der Waals surface area contributed by atoms with E-state index >= 15 is 0 Å². The van der Waals surface area contributed by atoms with Gasteiger partial charge in [-0.25, -0.2) is 9.67 Å². The summed E-state index contributed by atoms with van der Waals surface area (Å²) >= 11 is 0. The van der Waals surface area contributed by atoms with Gasteiger partial charge in [0.25, 0.3) is 5.91 Å². The second kappa shape index (κ2) is 7.54. The minimum atomic E-state index is -0.0786. The van der Waals surface area contributed by atoms with Gasteiger partial charge in [-0.05, 0) is 38.6 Å². The minimum absolute atomic E-state index is 0.0786. The molecule has 112 valence electrons. The Kier molecular flexibility index (Phi) is 5.45. The maximum atomic E-state index is 12.2. The second-order valence-electron chi connectivity index (χ2n) is 4.67. The van der Waals surface area contributed by atoms with Crippen molar-refractivity contribution in [1.29, 1.82) is 0 Å². The molecular weight excluding hydrogens is 266 g/mol. The van der Waals surface area contributed by atoms with Crippen LogP contribution in [0.25, 0.3) is 5.82 Å². The molecule has 21 heavy (non-hydrogen) atoms. The Labute approximate surface area is 124 Å². The van der Waals surface area contributed by atoms with Crippen molar-refractivity contribution in [3.8, 4) is 5.82 Å². The van der Waals surface area contributed by atoms with Gasteiger partial charge < -0.3 is 10.6 Å². The van der Waals surface area contributed by atoms with E-state index in [4.69, 9.17) is 0 Å². The highest BCUT2D eigenvalue weighted by atomic mass is 16.1. The van der Waals surface area contributed by atoms with E-state index < -0.39 is 0 Å². The van der Waals surface area contributed by atoms with Crippen LogP contribution in [0.1, 0.15) is 29.4 Å². The van der Waals surface area contributed by atoms with Crippen LogP contribution in [-0.2, 0) is 6.42 Å². The van der Waals surface area contributed by atoms with Crippen LogP contribution in [0.4, 0.5) is 0 Å². The van der Waals surface area contributed by atoms with Crippen molar-refractivity contribution in [3.05, 3.63) is 41.9 Å². The summed E-state index contributed by atoms with van der Waals surface area (Å²) in [5.74, 6) is 0.647. The molecule has 6 heteroatoms. The average Bonchev–Trinajstić information content (AvgIpc) is 2.96. The molecule has 6 nitrogen and oxygen atoms in total. The summed E-state index contributed by atoms with van der Waals surface area (Å²) in [5.41, 5.74) is 1.49. The van der Waals surface area contributed by atoms with E-state index in [1.54, 1.807) is 17.1 Å². The van der Waals surface area contributed by atoms with Crippen molar-refractivity contribution >= 4 is 5.91 Å². The fourth-order valence-electron chi connectivity index (χ4n) is 2.14. The van der Waals surface area contributed by atoms with Gasteiger partial charge in [0.05, 0.1) is 17.5 Å². The molecular formula is C15H21N5O. The maximum absolute atomic E-state index is 12.2. The lowest BCUT2D eigenvalue weighted by Crippen LogP contribution is -2.27. The van der Waals surface area contributed by atoms with Gasteiger partial charge in [-0.1, -0.05) is 13.0 Å². The third kappa shape index (κ3) is 3.66. The van der Waals surface area contributed by atoms with Crippen LogP contribution in [0.5, 0.6) is 0 Å². The number of hydrogen-bond donors (Lipinski definition) is 2. The van der Waals surface area contributed by atoms with E-state index in [9.17, 15) is 4.79 Å². The number of pyridine rings is 1. The lowest BCUT2D eigenvalue weighted by Gasteiger charge is -2.07. The Balaban J connectivity index is 2.14. The Morgan fingerprint density at radius 3 is 2.86 bits per heavy atom. The van der Waals surface area contributed by atoms with Crippen molar-refractivity contribution in [3.63, 3.8) is 0 Å². The van der Waals surface area contributed by atoms with Crippen LogP contribution in [0.3, 0.4) is 0 Å². The normalized spacial score (nSPS) is 10.6. The number of hydrogen-bond acceptors (Lipinski definition) is 4. The van der Waals surface area contributed by atoms with E-state index in [1.807, 2.05) is 32.2 Å². The Hall–Kier alpha value is -2.21. The smallest absolute Gasteiger partial charge is 0.254 e. The molecule has 0 saturated carbocycles. The fraction of sp³-hybridized carbons (Fsp3) is 0.400. The fourth-order valence-corrected chi connectivity index (χ4v) is 2.14. The summed E-state index contributed by atoms with van der Waals surface area (Å²) in [6.07, 6.45) is 4.95. The van der Waals surface area contributed by atoms with Crippen molar-refractivity contribution in [2.75, 3.05) is 20.1 Å². The number of nitrogens with zero attached hydrogens (tertiary/aromatic N) is 3. The molecule has 2 aromatic rings. The average molecular weight is 287 g/mol. The van der Waals surface area contributed by atoms with Crippen molar-refractivity contribution in [1.82, 2.24) is 25.4 Å². The van der Waals surface area contributed by atoms with E-state index in [0.29, 0.717) is 12.1 Å². The topological polar surface area (TPSA) is 71.8 Å². The standard InChI is InChI=1S/C15H21N5O/c1-3-13-12(15(21)18-10-6-8-16-2)11-19-20(13)14-7-4-5-9-17-14/h4-5,7,9,11,16H,3,6,8,10H2,1-2H3,(H,18,21). The van der Waals surface area contributed by atoms with E-state index in [0.717, 1.165) is 30.9 Å². The molecule has 2 heterocycles. The maximum Gasteiger partial charge on any atom is 0.254 e.